The van der Waals surface area contributed by atoms with Gasteiger partial charge >= 0.3 is 0 Å². The van der Waals surface area contributed by atoms with Gasteiger partial charge in [-0.15, -0.1) is 0 Å². The van der Waals surface area contributed by atoms with Crippen molar-refractivity contribution in [2.24, 2.45) is 0 Å². The highest BCUT2D eigenvalue weighted by molar-refractivity contribution is 7.07. The van der Waals surface area contributed by atoms with Crippen molar-refractivity contribution in [2.45, 2.75) is 32.0 Å². The largest absolute Gasteiger partial charge is 0.492 e. The molecule has 4 nitrogen and oxygen atoms in total. The molecule has 0 bridgehead atoms. The van der Waals surface area contributed by atoms with Crippen molar-refractivity contribution in [1.82, 2.24) is 9.80 Å². The first-order chi connectivity index (χ1) is 11.8. The molecule has 0 radical (unpaired) electrons. The number of rotatable bonds is 5. The number of hydrogen-bond acceptors (Lipinski definition) is 4. The van der Waals surface area contributed by atoms with E-state index in [2.05, 4.69) is 32.7 Å². The van der Waals surface area contributed by atoms with Crippen molar-refractivity contribution in [3.63, 3.8) is 0 Å². The highest BCUT2D eigenvalue weighted by atomic mass is 32.1. The summed E-state index contributed by atoms with van der Waals surface area (Å²) in [6, 6.07) is 10.7. The van der Waals surface area contributed by atoms with Gasteiger partial charge in [0.05, 0.1) is 6.54 Å². The second-order valence-corrected chi connectivity index (χ2v) is 7.33. The maximum atomic E-state index is 12.9. The van der Waals surface area contributed by atoms with Gasteiger partial charge in [-0.25, -0.2) is 0 Å². The fourth-order valence-corrected chi connectivity index (χ4v) is 3.84. The number of thiophene rings is 1. The van der Waals surface area contributed by atoms with E-state index in [1.165, 1.54) is 11.1 Å². The summed E-state index contributed by atoms with van der Waals surface area (Å²) in [5, 5.41) is 4.21. The monoisotopic (exact) mass is 342 g/mol. The minimum atomic E-state index is 0.239. The van der Waals surface area contributed by atoms with E-state index in [1.54, 1.807) is 11.3 Å². The summed E-state index contributed by atoms with van der Waals surface area (Å²) in [5.74, 6) is 1.19. The summed E-state index contributed by atoms with van der Waals surface area (Å²) in [6.07, 6.45) is 2.28. The second kappa shape index (κ2) is 6.95. The Bertz CT molecular complexity index is 697. The van der Waals surface area contributed by atoms with Crippen molar-refractivity contribution < 1.29 is 9.53 Å². The third kappa shape index (κ3) is 3.62. The minimum absolute atomic E-state index is 0.239. The van der Waals surface area contributed by atoms with Crippen LogP contribution in [0.5, 0.6) is 5.75 Å². The summed E-state index contributed by atoms with van der Waals surface area (Å²) < 4.78 is 5.80. The summed E-state index contributed by atoms with van der Waals surface area (Å²) in [4.78, 5) is 17.2. The van der Waals surface area contributed by atoms with Gasteiger partial charge in [0.15, 0.2) is 0 Å². The Balaban J connectivity index is 1.42. The molecule has 1 fully saturated rings. The van der Waals surface area contributed by atoms with Crippen LogP contribution in [0.2, 0.25) is 0 Å². The molecule has 1 aromatic heterocycles. The normalized spacial score (nSPS) is 17.7. The van der Waals surface area contributed by atoms with Gasteiger partial charge in [0.25, 0.3) is 0 Å². The van der Waals surface area contributed by atoms with Crippen LogP contribution in [0.15, 0.2) is 41.1 Å². The molecule has 2 aromatic rings. The second-order valence-electron chi connectivity index (χ2n) is 6.55. The molecule has 1 aliphatic heterocycles. The molecule has 0 atom stereocenters. The van der Waals surface area contributed by atoms with Gasteiger partial charge in [0.2, 0.25) is 5.91 Å². The topological polar surface area (TPSA) is 32.8 Å². The predicted molar refractivity (Wildman–Crippen MR) is 95.1 cm³/mol. The lowest BCUT2D eigenvalue weighted by molar-refractivity contribution is -0.133. The van der Waals surface area contributed by atoms with Crippen molar-refractivity contribution in [2.75, 3.05) is 19.7 Å². The first-order valence-corrected chi connectivity index (χ1v) is 9.47. The van der Waals surface area contributed by atoms with Crippen LogP contribution in [0.3, 0.4) is 0 Å². The van der Waals surface area contributed by atoms with Crippen LogP contribution in [0.25, 0.3) is 0 Å². The highest BCUT2D eigenvalue weighted by Crippen LogP contribution is 2.29. The molecule has 2 heterocycles. The predicted octanol–water partition coefficient (Wildman–Crippen LogP) is 3.13. The third-order valence-corrected chi connectivity index (χ3v) is 5.36. The first-order valence-electron chi connectivity index (χ1n) is 8.53. The number of nitrogens with zero attached hydrogens (tertiary/aromatic N) is 2. The van der Waals surface area contributed by atoms with Crippen LogP contribution in [0.1, 0.15) is 24.0 Å². The molecule has 1 saturated carbocycles. The average molecular weight is 342 g/mol. The van der Waals surface area contributed by atoms with E-state index in [4.69, 9.17) is 4.74 Å². The van der Waals surface area contributed by atoms with Crippen molar-refractivity contribution in [3.8, 4) is 5.75 Å². The van der Waals surface area contributed by atoms with Crippen LogP contribution >= 0.6 is 11.3 Å². The van der Waals surface area contributed by atoms with Crippen molar-refractivity contribution >= 4 is 17.2 Å². The maximum absolute atomic E-state index is 12.9. The van der Waals surface area contributed by atoms with Gasteiger partial charge < -0.3 is 9.64 Å². The molecule has 5 heteroatoms. The van der Waals surface area contributed by atoms with Gasteiger partial charge in [-0.3, -0.25) is 9.69 Å². The maximum Gasteiger partial charge on any atom is 0.237 e. The highest BCUT2D eigenvalue weighted by Gasteiger charge is 2.33. The molecule has 24 heavy (non-hydrogen) atoms. The number of carbonyl (C=O) groups excluding carboxylic acids is 1. The van der Waals surface area contributed by atoms with Crippen LogP contribution in [-0.4, -0.2) is 41.4 Å². The Kier molecular flexibility index (Phi) is 4.54. The van der Waals surface area contributed by atoms with Crippen LogP contribution in [-0.2, 0) is 17.9 Å². The van der Waals surface area contributed by atoms with Crippen LogP contribution in [0, 0.1) is 0 Å². The molecule has 0 unspecified atom stereocenters. The van der Waals surface area contributed by atoms with Crippen LogP contribution < -0.4 is 4.74 Å². The molecular weight excluding hydrogens is 320 g/mol. The van der Waals surface area contributed by atoms with Gasteiger partial charge in [-0.05, 0) is 41.3 Å². The average Bonchev–Trinajstić information content (AvgIpc) is 3.33. The summed E-state index contributed by atoms with van der Waals surface area (Å²) in [5.41, 5.74) is 2.41. The van der Waals surface area contributed by atoms with Gasteiger partial charge in [-0.2, -0.15) is 11.3 Å². The molecule has 4 rings (SSSR count). The quantitative estimate of drug-likeness (QED) is 0.837. The Labute approximate surface area is 146 Å². The number of amides is 1. The lowest BCUT2D eigenvalue weighted by Gasteiger charge is -2.26. The molecule has 0 saturated heterocycles. The van der Waals surface area contributed by atoms with Gasteiger partial charge in [0.1, 0.15) is 12.4 Å². The first kappa shape index (κ1) is 15.7. The molecule has 1 amide bonds. The standard InChI is InChI=1S/C19H22N2O2S/c22-19(21(17-5-6-17)11-15-7-10-24-14-15)13-20-8-9-23-18-4-2-1-3-16(18)12-20/h1-4,7,10,14,17H,5-6,8-9,11-13H2. The number of ether oxygens (including phenoxy) is 1. The molecule has 1 aromatic carbocycles. The van der Waals surface area contributed by atoms with E-state index in [1.807, 2.05) is 18.2 Å². The third-order valence-electron chi connectivity index (χ3n) is 4.63. The summed E-state index contributed by atoms with van der Waals surface area (Å²) in [6.45, 7) is 3.42. The zero-order valence-electron chi connectivity index (χ0n) is 13.7. The van der Waals surface area contributed by atoms with E-state index >= 15 is 0 Å². The molecule has 0 spiro atoms. The Morgan fingerprint density at radius 2 is 2.17 bits per heavy atom. The number of hydrogen-bond donors (Lipinski definition) is 0. The zero-order valence-corrected chi connectivity index (χ0v) is 14.5. The lowest BCUT2D eigenvalue weighted by Crippen LogP contribution is -2.41. The van der Waals surface area contributed by atoms with E-state index < -0.39 is 0 Å². The van der Waals surface area contributed by atoms with E-state index in [9.17, 15) is 4.79 Å². The lowest BCUT2D eigenvalue weighted by atomic mass is 10.2. The fourth-order valence-electron chi connectivity index (χ4n) is 3.18. The number of fused-ring (bicyclic) bond motifs is 1. The van der Waals surface area contributed by atoms with Crippen molar-refractivity contribution in [1.29, 1.82) is 0 Å². The Morgan fingerprint density at radius 1 is 1.29 bits per heavy atom. The van der Waals surface area contributed by atoms with Crippen LogP contribution in [0.4, 0.5) is 0 Å². The molecule has 126 valence electrons. The number of benzene rings is 1. The Morgan fingerprint density at radius 3 is 2.96 bits per heavy atom. The smallest absolute Gasteiger partial charge is 0.237 e. The summed E-state index contributed by atoms with van der Waals surface area (Å²) in [7, 11) is 0. The van der Waals surface area contributed by atoms with E-state index in [-0.39, 0.29) is 5.91 Å². The van der Waals surface area contributed by atoms with Crippen molar-refractivity contribution in [3.05, 3.63) is 52.2 Å². The zero-order chi connectivity index (χ0) is 16.4. The molecular formula is C19H22N2O2S. The van der Waals surface area contributed by atoms with Gasteiger partial charge in [-0.1, -0.05) is 18.2 Å². The minimum Gasteiger partial charge on any atom is -0.492 e. The Hall–Kier alpha value is -1.85. The number of para-hydroxylation sites is 1. The SMILES string of the molecule is O=C(CN1CCOc2ccccc2C1)N(Cc1ccsc1)C1CC1. The van der Waals surface area contributed by atoms with E-state index in [0.717, 1.165) is 38.2 Å². The summed E-state index contributed by atoms with van der Waals surface area (Å²) >= 11 is 1.69. The van der Waals surface area contributed by atoms with E-state index in [0.29, 0.717) is 19.2 Å². The number of carbonyl (C=O) groups is 1. The molecule has 1 aliphatic carbocycles. The van der Waals surface area contributed by atoms with Gasteiger partial charge in [0, 0.05) is 31.2 Å². The fraction of sp³-hybridized carbons (Fsp3) is 0.421. The molecule has 0 N–H and O–H groups in total. The molecule has 2 aliphatic rings.